The molecule has 0 N–H and O–H groups in total. The Morgan fingerprint density at radius 3 is 2.39 bits per heavy atom. The fraction of sp³-hybridized carbons (Fsp3) is 0.133. The van der Waals surface area contributed by atoms with E-state index < -0.39 is 11.8 Å². The van der Waals surface area contributed by atoms with E-state index in [2.05, 4.69) is 0 Å². The van der Waals surface area contributed by atoms with Crippen molar-refractivity contribution in [2.75, 3.05) is 0 Å². The number of carbonyl (C=O) groups excluding carboxylic acids is 1. The van der Waals surface area contributed by atoms with Crippen LogP contribution in [0.25, 0.3) is 0 Å². The van der Waals surface area contributed by atoms with Crippen LogP contribution < -0.4 is 4.74 Å². The Bertz CT molecular complexity index is 547. The number of ether oxygens (including phenoxy) is 1. The van der Waals surface area contributed by atoms with Gasteiger partial charge in [0.15, 0.2) is 11.6 Å². The molecule has 0 atom stereocenters. The Kier molecular flexibility index (Phi) is 3.72. The minimum atomic E-state index is -0.553. The molecule has 92 valence electrons. The maximum absolute atomic E-state index is 13.3. The van der Waals surface area contributed by atoms with E-state index in [-0.39, 0.29) is 5.75 Å². The van der Waals surface area contributed by atoms with Crippen LogP contribution in [0.15, 0.2) is 48.5 Å². The lowest BCUT2D eigenvalue weighted by Gasteiger charge is -2.05. The van der Waals surface area contributed by atoms with Gasteiger partial charge in [-0.25, -0.2) is 9.18 Å². The first-order valence-electron chi connectivity index (χ1n) is 5.76. The molecule has 0 unspecified atom stereocenters. The van der Waals surface area contributed by atoms with Gasteiger partial charge in [0.2, 0.25) is 0 Å². The molecule has 2 rings (SSSR count). The van der Waals surface area contributed by atoms with Gasteiger partial charge in [0.25, 0.3) is 0 Å². The molecule has 0 spiro atoms. The van der Waals surface area contributed by atoms with Crippen LogP contribution in [-0.4, -0.2) is 5.97 Å². The minimum Gasteiger partial charge on any atom is -0.420 e. The lowest BCUT2D eigenvalue weighted by atomic mass is 10.1. The summed E-state index contributed by atoms with van der Waals surface area (Å²) in [5, 5.41) is 0. The maximum Gasteiger partial charge on any atom is 0.343 e. The molecule has 0 aliphatic carbocycles. The average molecular weight is 244 g/mol. The molecule has 0 saturated heterocycles. The number of hydrogen-bond acceptors (Lipinski definition) is 2. The second-order valence-corrected chi connectivity index (χ2v) is 3.87. The average Bonchev–Trinajstić information content (AvgIpc) is 2.41. The Morgan fingerprint density at radius 2 is 1.78 bits per heavy atom. The first-order chi connectivity index (χ1) is 8.70. The summed E-state index contributed by atoms with van der Waals surface area (Å²) in [6.07, 6.45) is 0.905. The zero-order chi connectivity index (χ0) is 13.0. The summed E-state index contributed by atoms with van der Waals surface area (Å²) >= 11 is 0. The van der Waals surface area contributed by atoms with Crippen LogP contribution >= 0.6 is 0 Å². The zero-order valence-corrected chi connectivity index (χ0v) is 10.0. The van der Waals surface area contributed by atoms with Gasteiger partial charge >= 0.3 is 5.97 Å². The number of aryl methyl sites for hydroxylation is 1. The molecule has 0 fully saturated rings. The highest BCUT2D eigenvalue weighted by Crippen LogP contribution is 2.17. The maximum atomic E-state index is 13.3. The molecule has 18 heavy (non-hydrogen) atoms. The first-order valence-corrected chi connectivity index (χ1v) is 5.76. The van der Waals surface area contributed by atoms with Gasteiger partial charge in [0, 0.05) is 0 Å². The Hall–Kier alpha value is -2.16. The van der Waals surface area contributed by atoms with Crippen molar-refractivity contribution in [3.8, 4) is 5.75 Å². The van der Waals surface area contributed by atoms with Gasteiger partial charge in [-0.3, -0.25) is 0 Å². The number of halogens is 1. The predicted molar refractivity (Wildman–Crippen MR) is 67.2 cm³/mol. The van der Waals surface area contributed by atoms with E-state index in [4.69, 9.17) is 4.74 Å². The van der Waals surface area contributed by atoms with E-state index in [0.29, 0.717) is 5.56 Å². The fourth-order valence-corrected chi connectivity index (χ4v) is 1.56. The Morgan fingerprint density at radius 1 is 1.11 bits per heavy atom. The van der Waals surface area contributed by atoms with E-state index in [1.54, 1.807) is 24.3 Å². The molecule has 0 radical (unpaired) electrons. The molecule has 2 nitrogen and oxygen atoms in total. The van der Waals surface area contributed by atoms with Crippen LogP contribution in [0, 0.1) is 5.82 Å². The van der Waals surface area contributed by atoms with Gasteiger partial charge in [-0.05, 0) is 36.2 Å². The zero-order valence-electron chi connectivity index (χ0n) is 10.0. The molecule has 0 heterocycles. The van der Waals surface area contributed by atoms with Crippen molar-refractivity contribution in [1.29, 1.82) is 0 Å². The highest BCUT2D eigenvalue weighted by atomic mass is 19.1. The second-order valence-electron chi connectivity index (χ2n) is 3.87. The lowest BCUT2D eigenvalue weighted by molar-refractivity contribution is 0.0728. The van der Waals surface area contributed by atoms with Crippen LogP contribution in [0.1, 0.15) is 22.8 Å². The monoisotopic (exact) mass is 244 g/mol. The van der Waals surface area contributed by atoms with E-state index in [9.17, 15) is 9.18 Å². The number of esters is 1. The Labute approximate surface area is 105 Å². The minimum absolute atomic E-state index is 0.0536. The predicted octanol–water partition coefficient (Wildman–Crippen LogP) is 3.61. The summed E-state index contributed by atoms with van der Waals surface area (Å²) in [6.45, 7) is 2.03. The van der Waals surface area contributed by atoms with Crippen molar-refractivity contribution in [3.63, 3.8) is 0 Å². The van der Waals surface area contributed by atoms with Gasteiger partial charge < -0.3 is 4.74 Å². The standard InChI is InChI=1S/C15H13FO2/c1-2-11-7-9-12(10-8-11)15(17)18-14-6-4-3-5-13(14)16/h3-10H,2H2,1H3. The molecule has 2 aromatic rings. The van der Waals surface area contributed by atoms with Gasteiger partial charge in [-0.1, -0.05) is 31.2 Å². The Balaban J connectivity index is 2.14. The first kappa shape index (κ1) is 12.3. The van der Waals surface area contributed by atoms with Crippen molar-refractivity contribution in [3.05, 3.63) is 65.5 Å². The van der Waals surface area contributed by atoms with Crippen molar-refractivity contribution in [2.24, 2.45) is 0 Å². The molecular weight excluding hydrogens is 231 g/mol. The summed E-state index contributed by atoms with van der Waals surface area (Å²) in [5.41, 5.74) is 1.55. The van der Waals surface area contributed by atoms with Crippen LogP contribution in [0.4, 0.5) is 4.39 Å². The highest BCUT2D eigenvalue weighted by Gasteiger charge is 2.10. The topological polar surface area (TPSA) is 26.3 Å². The van der Waals surface area contributed by atoms with Gasteiger partial charge in [-0.2, -0.15) is 0 Å². The van der Waals surface area contributed by atoms with Crippen molar-refractivity contribution < 1.29 is 13.9 Å². The van der Waals surface area contributed by atoms with E-state index in [1.165, 1.54) is 12.1 Å². The molecule has 0 amide bonds. The van der Waals surface area contributed by atoms with Crippen molar-refractivity contribution >= 4 is 5.97 Å². The van der Waals surface area contributed by atoms with Gasteiger partial charge in [-0.15, -0.1) is 0 Å². The van der Waals surface area contributed by atoms with Gasteiger partial charge in [0.1, 0.15) is 0 Å². The molecule has 0 saturated carbocycles. The smallest absolute Gasteiger partial charge is 0.343 e. The second kappa shape index (κ2) is 5.45. The van der Waals surface area contributed by atoms with Crippen LogP contribution in [0.3, 0.4) is 0 Å². The molecule has 0 aromatic heterocycles. The van der Waals surface area contributed by atoms with E-state index in [1.807, 2.05) is 19.1 Å². The number of rotatable bonds is 3. The number of hydrogen-bond donors (Lipinski definition) is 0. The normalized spacial score (nSPS) is 10.1. The molecule has 0 aliphatic heterocycles. The van der Waals surface area contributed by atoms with Crippen LogP contribution in [0.2, 0.25) is 0 Å². The SMILES string of the molecule is CCc1ccc(C(=O)Oc2ccccc2F)cc1. The molecular formula is C15H13FO2. The summed E-state index contributed by atoms with van der Waals surface area (Å²) in [4.78, 5) is 11.8. The summed E-state index contributed by atoms with van der Waals surface area (Å²) in [7, 11) is 0. The number of para-hydroxylation sites is 1. The summed E-state index contributed by atoms with van der Waals surface area (Å²) in [6, 6.07) is 12.9. The third kappa shape index (κ3) is 2.74. The number of carbonyl (C=O) groups is 1. The third-order valence-electron chi connectivity index (χ3n) is 2.64. The van der Waals surface area contributed by atoms with Crippen molar-refractivity contribution in [2.45, 2.75) is 13.3 Å². The fourth-order valence-electron chi connectivity index (χ4n) is 1.56. The number of benzene rings is 2. The van der Waals surface area contributed by atoms with E-state index >= 15 is 0 Å². The molecule has 0 bridgehead atoms. The van der Waals surface area contributed by atoms with Crippen LogP contribution in [0.5, 0.6) is 5.75 Å². The van der Waals surface area contributed by atoms with Gasteiger partial charge in [0.05, 0.1) is 5.56 Å². The molecule has 3 heteroatoms. The third-order valence-corrected chi connectivity index (χ3v) is 2.64. The highest BCUT2D eigenvalue weighted by molar-refractivity contribution is 5.91. The summed E-state index contributed by atoms with van der Waals surface area (Å²) in [5.74, 6) is -1.15. The van der Waals surface area contributed by atoms with Crippen LogP contribution in [-0.2, 0) is 6.42 Å². The van der Waals surface area contributed by atoms with E-state index in [0.717, 1.165) is 12.0 Å². The largest absolute Gasteiger partial charge is 0.420 e. The molecule has 2 aromatic carbocycles. The quantitative estimate of drug-likeness (QED) is 0.609. The summed E-state index contributed by atoms with van der Waals surface area (Å²) < 4.78 is 18.3. The molecule has 0 aliphatic rings. The van der Waals surface area contributed by atoms with Crippen molar-refractivity contribution in [1.82, 2.24) is 0 Å². The lowest BCUT2D eigenvalue weighted by Crippen LogP contribution is -2.09.